The van der Waals surface area contributed by atoms with Gasteiger partial charge in [-0.2, -0.15) is 11.3 Å². The maximum Gasteiger partial charge on any atom is 0.337 e. The zero-order valence-corrected chi connectivity index (χ0v) is 10.1. The normalized spacial score (nSPS) is 9.94. The molecule has 0 aliphatic rings. The summed E-state index contributed by atoms with van der Waals surface area (Å²) in [6.07, 6.45) is 0. The van der Waals surface area contributed by atoms with Gasteiger partial charge in [-0.25, -0.2) is 4.79 Å². The molecule has 0 fully saturated rings. The number of benzene rings is 1. The number of anilines is 3. The summed E-state index contributed by atoms with van der Waals surface area (Å²) in [4.78, 5) is 11.3. The highest BCUT2D eigenvalue weighted by atomic mass is 32.1. The SMILES string of the molecule is COC(=O)c1ccc(Nc2ccsc2)c(N)c1. The molecule has 1 heterocycles. The number of hydrogen-bond acceptors (Lipinski definition) is 5. The lowest BCUT2D eigenvalue weighted by molar-refractivity contribution is 0.0601. The highest BCUT2D eigenvalue weighted by Gasteiger charge is 2.08. The van der Waals surface area contributed by atoms with Gasteiger partial charge in [-0.05, 0) is 29.6 Å². The van der Waals surface area contributed by atoms with Crippen molar-refractivity contribution < 1.29 is 9.53 Å². The fraction of sp³-hybridized carbons (Fsp3) is 0.0833. The van der Waals surface area contributed by atoms with E-state index in [0.29, 0.717) is 11.3 Å². The number of ether oxygens (including phenoxy) is 1. The van der Waals surface area contributed by atoms with Crippen LogP contribution < -0.4 is 11.1 Å². The van der Waals surface area contributed by atoms with Crippen molar-refractivity contribution in [2.24, 2.45) is 0 Å². The summed E-state index contributed by atoms with van der Waals surface area (Å²) in [6, 6.07) is 7.00. The molecule has 0 radical (unpaired) electrons. The van der Waals surface area contributed by atoms with Gasteiger partial charge in [-0.15, -0.1) is 0 Å². The third-order valence-corrected chi connectivity index (χ3v) is 2.96. The van der Waals surface area contributed by atoms with E-state index in [4.69, 9.17) is 5.73 Å². The molecule has 5 heteroatoms. The lowest BCUT2D eigenvalue weighted by Gasteiger charge is -2.08. The molecule has 1 aromatic carbocycles. The monoisotopic (exact) mass is 248 g/mol. The molecular weight excluding hydrogens is 236 g/mol. The zero-order valence-electron chi connectivity index (χ0n) is 9.27. The summed E-state index contributed by atoms with van der Waals surface area (Å²) in [5.74, 6) is -0.390. The zero-order chi connectivity index (χ0) is 12.3. The number of nitrogens with two attached hydrogens (primary N) is 1. The number of thiophene rings is 1. The van der Waals surface area contributed by atoms with Crippen molar-refractivity contribution in [1.29, 1.82) is 0 Å². The van der Waals surface area contributed by atoms with Crippen molar-refractivity contribution in [2.75, 3.05) is 18.2 Å². The largest absolute Gasteiger partial charge is 0.465 e. The van der Waals surface area contributed by atoms with E-state index >= 15 is 0 Å². The lowest BCUT2D eigenvalue weighted by Crippen LogP contribution is -2.03. The third-order valence-electron chi connectivity index (χ3n) is 2.27. The fourth-order valence-corrected chi connectivity index (χ4v) is 2.00. The summed E-state index contributed by atoms with van der Waals surface area (Å²) in [7, 11) is 1.34. The molecule has 88 valence electrons. The van der Waals surface area contributed by atoms with Crippen LogP contribution >= 0.6 is 11.3 Å². The summed E-state index contributed by atoms with van der Waals surface area (Å²) in [5.41, 5.74) is 8.58. The molecule has 0 saturated carbocycles. The standard InChI is InChI=1S/C12H12N2O2S/c1-16-12(15)8-2-3-11(10(13)6-8)14-9-4-5-17-7-9/h2-7,14H,13H2,1H3. The van der Waals surface area contributed by atoms with Crippen LogP contribution in [0.5, 0.6) is 0 Å². The van der Waals surface area contributed by atoms with Gasteiger partial charge in [0, 0.05) is 11.1 Å². The van der Waals surface area contributed by atoms with Crippen LogP contribution in [-0.2, 0) is 4.74 Å². The number of methoxy groups -OCH3 is 1. The first-order valence-electron chi connectivity index (χ1n) is 4.98. The first-order chi connectivity index (χ1) is 8.20. The molecule has 0 bridgehead atoms. The molecule has 0 saturated heterocycles. The van der Waals surface area contributed by atoms with Crippen LogP contribution in [0.1, 0.15) is 10.4 Å². The van der Waals surface area contributed by atoms with E-state index in [1.165, 1.54) is 7.11 Å². The van der Waals surface area contributed by atoms with Crippen LogP contribution in [0.15, 0.2) is 35.0 Å². The molecule has 0 aliphatic carbocycles. The quantitative estimate of drug-likeness (QED) is 0.647. The minimum atomic E-state index is -0.390. The van der Waals surface area contributed by atoms with E-state index < -0.39 is 5.97 Å². The lowest BCUT2D eigenvalue weighted by atomic mass is 10.1. The highest BCUT2D eigenvalue weighted by molar-refractivity contribution is 7.08. The molecule has 17 heavy (non-hydrogen) atoms. The molecule has 0 unspecified atom stereocenters. The number of rotatable bonds is 3. The maximum absolute atomic E-state index is 11.3. The van der Waals surface area contributed by atoms with E-state index in [9.17, 15) is 4.79 Å². The van der Waals surface area contributed by atoms with Gasteiger partial charge in [0.1, 0.15) is 0 Å². The van der Waals surface area contributed by atoms with Crippen molar-refractivity contribution in [3.63, 3.8) is 0 Å². The molecule has 0 atom stereocenters. The maximum atomic E-state index is 11.3. The Hall–Kier alpha value is -2.01. The highest BCUT2D eigenvalue weighted by Crippen LogP contribution is 2.25. The number of esters is 1. The van der Waals surface area contributed by atoms with Gasteiger partial charge in [0.2, 0.25) is 0 Å². The summed E-state index contributed by atoms with van der Waals surface area (Å²) >= 11 is 1.60. The second-order valence-electron chi connectivity index (χ2n) is 3.43. The Kier molecular flexibility index (Phi) is 3.30. The first-order valence-corrected chi connectivity index (χ1v) is 5.92. The Labute approximate surface area is 103 Å². The molecule has 4 nitrogen and oxygen atoms in total. The van der Waals surface area contributed by atoms with Crippen LogP contribution in [0, 0.1) is 0 Å². The van der Waals surface area contributed by atoms with Crippen molar-refractivity contribution in [3.8, 4) is 0 Å². The summed E-state index contributed by atoms with van der Waals surface area (Å²) < 4.78 is 4.62. The Morgan fingerprint density at radius 3 is 2.82 bits per heavy atom. The van der Waals surface area contributed by atoms with Crippen molar-refractivity contribution >= 4 is 34.4 Å². The summed E-state index contributed by atoms with van der Waals surface area (Å²) in [6.45, 7) is 0. The Morgan fingerprint density at radius 2 is 2.24 bits per heavy atom. The van der Waals surface area contributed by atoms with Crippen LogP contribution in [0.25, 0.3) is 0 Å². The Morgan fingerprint density at radius 1 is 1.41 bits per heavy atom. The molecule has 0 amide bonds. The van der Waals surface area contributed by atoms with Crippen LogP contribution in [0.2, 0.25) is 0 Å². The van der Waals surface area contributed by atoms with Gasteiger partial charge in [-0.1, -0.05) is 0 Å². The van der Waals surface area contributed by atoms with Crippen LogP contribution in [0.3, 0.4) is 0 Å². The van der Waals surface area contributed by atoms with E-state index in [-0.39, 0.29) is 0 Å². The third kappa shape index (κ3) is 2.57. The van der Waals surface area contributed by atoms with Crippen molar-refractivity contribution in [3.05, 3.63) is 40.6 Å². The van der Waals surface area contributed by atoms with E-state index in [0.717, 1.165) is 11.4 Å². The van der Waals surface area contributed by atoms with E-state index in [1.807, 2.05) is 16.8 Å². The topological polar surface area (TPSA) is 64.3 Å². The summed E-state index contributed by atoms with van der Waals surface area (Å²) in [5, 5.41) is 7.12. The van der Waals surface area contributed by atoms with Crippen molar-refractivity contribution in [1.82, 2.24) is 0 Å². The average Bonchev–Trinajstić information content (AvgIpc) is 2.83. The van der Waals surface area contributed by atoms with Crippen LogP contribution in [-0.4, -0.2) is 13.1 Å². The predicted octanol–water partition coefficient (Wildman–Crippen LogP) is 2.86. The second-order valence-corrected chi connectivity index (χ2v) is 4.21. The molecular formula is C12H12N2O2S. The predicted molar refractivity (Wildman–Crippen MR) is 69.8 cm³/mol. The van der Waals surface area contributed by atoms with Gasteiger partial charge in [-0.3, -0.25) is 0 Å². The molecule has 2 aromatic rings. The van der Waals surface area contributed by atoms with Gasteiger partial charge < -0.3 is 15.8 Å². The number of nitrogen functional groups attached to an aromatic ring is 1. The number of carbonyl (C=O) groups excluding carboxylic acids is 1. The average molecular weight is 248 g/mol. The fourth-order valence-electron chi connectivity index (χ4n) is 1.41. The minimum Gasteiger partial charge on any atom is -0.465 e. The van der Waals surface area contributed by atoms with Gasteiger partial charge in [0.15, 0.2) is 0 Å². The Balaban J connectivity index is 2.23. The van der Waals surface area contributed by atoms with Gasteiger partial charge >= 0.3 is 5.97 Å². The molecule has 0 aliphatic heterocycles. The molecule has 0 spiro atoms. The molecule has 1 aromatic heterocycles. The van der Waals surface area contributed by atoms with Gasteiger partial charge in [0.05, 0.1) is 24.0 Å². The van der Waals surface area contributed by atoms with Crippen molar-refractivity contribution in [2.45, 2.75) is 0 Å². The molecule has 3 N–H and O–H groups in total. The van der Waals surface area contributed by atoms with Crippen LogP contribution in [0.4, 0.5) is 17.1 Å². The van der Waals surface area contributed by atoms with Gasteiger partial charge in [0.25, 0.3) is 0 Å². The number of nitrogens with one attached hydrogen (secondary N) is 1. The van der Waals surface area contributed by atoms with E-state index in [1.54, 1.807) is 29.5 Å². The first kappa shape index (κ1) is 11.5. The number of hydrogen-bond donors (Lipinski definition) is 2. The minimum absolute atomic E-state index is 0.390. The Bertz CT molecular complexity index is 523. The molecule has 2 rings (SSSR count). The number of carbonyl (C=O) groups is 1. The van der Waals surface area contributed by atoms with E-state index in [2.05, 4.69) is 10.1 Å². The second kappa shape index (κ2) is 4.88. The smallest absolute Gasteiger partial charge is 0.337 e.